The van der Waals surface area contributed by atoms with Crippen molar-refractivity contribution >= 4 is 11.6 Å². The number of ketones is 2. The summed E-state index contributed by atoms with van der Waals surface area (Å²) in [5.41, 5.74) is 6.37. The fraction of sp³-hybridized carbons (Fsp3) is 0.474. The first-order valence-corrected chi connectivity index (χ1v) is 15.9. The van der Waals surface area contributed by atoms with Gasteiger partial charge in [-0.1, -0.05) is 77.1 Å². The molecule has 43 heavy (non-hydrogen) atoms. The number of allylic oxidation sites excluding steroid dienone is 5. The van der Waals surface area contributed by atoms with Crippen molar-refractivity contribution < 1.29 is 19.1 Å². The molecule has 0 amide bonds. The standard InChI is InChI=1S/C38H47NO4/c1-8-14-26-18-27(19-32(42-10-3)36(26)43-17-9-2)33-34-28(20-37(4,5)22-30(34)40)39(24-25-15-12-11-13-16-25)29-21-38(6,7)23-31(41)35(29)33/h8,11-13,15-16,18-19,33H,1,9-10,14,17,20-24H2,2-7H3. The van der Waals surface area contributed by atoms with E-state index in [0.29, 0.717) is 44.8 Å². The lowest BCUT2D eigenvalue weighted by atomic mass is 9.63. The Morgan fingerprint density at radius 2 is 1.49 bits per heavy atom. The predicted molar refractivity (Wildman–Crippen MR) is 172 cm³/mol. The summed E-state index contributed by atoms with van der Waals surface area (Å²) in [4.78, 5) is 30.9. The summed E-state index contributed by atoms with van der Waals surface area (Å²) in [6, 6.07) is 14.5. The Hall–Kier alpha value is -3.60. The Kier molecular flexibility index (Phi) is 8.74. The first kappa shape index (κ1) is 30.8. The highest BCUT2D eigenvalue weighted by Gasteiger charge is 2.49. The van der Waals surface area contributed by atoms with Gasteiger partial charge in [0.05, 0.1) is 13.2 Å². The van der Waals surface area contributed by atoms with Crippen LogP contribution in [0.15, 0.2) is 77.7 Å². The van der Waals surface area contributed by atoms with Gasteiger partial charge in [-0.2, -0.15) is 0 Å². The van der Waals surface area contributed by atoms with Gasteiger partial charge in [0.2, 0.25) is 0 Å². The summed E-state index contributed by atoms with van der Waals surface area (Å²) >= 11 is 0. The molecule has 0 aromatic heterocycles. The van der Waals surface area contributed by atoms with Crippen molar-refractivity contribution in [1.29, 1.82) is 0 Å². The van der Waals surface area contributed by atoms with Gasteiger partial charge in [-0.05, 0) is 60.6 Å². The molecule has 0 unspecified atom stereocenters. The molecule has 0 spiro atoms. The van der Waals surface area contributed by atoms with Gasteiger partial charge in [0, 0.05) is 53.4 Å². The van der Waals surface area contributed by atoms with Crippen LogP contribution in [0.4, 0.5) is 0 Å². The molecular formula is C38H47NO4. The first-order chi connectivity index (χ1) is 20.5. The summed E-state index contributed by atoms with van der Waals surface area (Å²) in [6.07, 6.45) is 5.81. The van der Waals surface area contributed by atoms with Crippen molar-refractivity contribution in [3.63, 3.8) is 0 Å². The smallest absolute Gasteiger partial charge is 0.164 e. The molecule has 5 rings (SSSR count). The van der Waals surface area contributed by atoms with E-state index in [0.717, 1.165) is 64.2 Å². The molecule has 0 saturated heterocycles. The van der Waals surface area contributed by atoms with Crippen molar-refractivity contribution in [3.8, 4) is 11.5 Å². The lowest BCUT2D eigenvalue weighted by Crippen LogP contribution is -2.44. The molecule has 0 saturated carbocycles. The molecule has 0 radical (unpaired) electrons. The largest absolute Gasteiger partial charge is 0.490 e. The van der Waals surface area contributed by atoms with E-state index in [1.165, 1.54) is 0 Å². The number of benzene rings is 2. The van der Waals surface area contributed by atoms with Crippen molar-refractivity contribution in [2.24, 2.45) is 10.8 Å². The van der Waals surface area contributed by atoms with Crippen molar-refractivity contribution in [2.75, 3.05) is 13.2 Å². The topological polar surface area (TPSA) is 55.8 Å². The van der Waals surface area contributed by atoms with Crippen LogP contribution in [0.3, 0.4) is 0 Å². The number of carbonyl (C=O) groups is 2. The van der Waals surface area contributed by atoms with Gasteiger partial charge in [-0.3, -0.25) is 9.59 Å². The summed E-state index contributed by atoms with van der Waals surface area (Å²) < 4.78 is 12.4. The van der Waals surface area contributed by atoms with E-state index in [9.17, 15) is 9.59 Å². The van der Waals surface area contributed by atoms with Crippen molar-refractivity contribution in [1.82, 2.24) is 4.90 Å². The second kappa shape index (κ2) is 12.2. The summed E-state index contributed by atoms with van der Waals surface area (Å²) in [5, 5.41) is 0. The Bertz CT molecular complexity index is 1420. The molecule has 3 aliphatic rings. The van der Waals surface area contributed by atoms with Gasteiger partial charge in [0.15, 0.2) is 23.1 Å². The van der Waals surface area contributed by atoms with Crippen LogP contribution in [-0.4, -0.2) is 29.7 Å². The maximum Gasteiger partial charge on any atom is 0.164 e. The highest BCUT2D eigenvalue weighted by molar-refractivity contribution is 6.06. The van der Waals surface area contributed by atoms with Gasteiger partial charge in [0.25, 0.3) is 0 Å². The minimum absolute atomic E-state index is 0.132. The molecule has 2 aromatic carbocycles. The molecule has 2 aromatic rings. The maximum absolute atomic E-state index is 14.3. The Morgan fingerprint density at radius 1 is 0.884 bits per heavy atom. The highest BCUT2D eigenvalue weighted by atomic mass is 16.5. The highest BCUT2D eigenvalue weighted by Crippen LogP contribution is 2.55. The fourth-order valence-electron chi connectivity index (χ4n) is 7.13. The first-order valence-electron chi connectivity index (χ1n) is 15.9. The van der Waals surface area contributed by atoms with Gasteiger partial charge >= 0.3 is 0 Å². The van der Waals surface area contributed by atoms with E-state index >= 15 is 0 Å². The molecule has 5 nitrogen and oxygen atoms in total. The van der Waals surface area contributed by atoms with Crippen LogP contribution in [0.25, 0.3) is 0 Å². The summed E-state index contributed by atoms with van der Waals surface area (Å²) in [7, 11) is 0. The number of carbonyl (C=O) groups excluding carboxylic acids is 2. The van der Waals surface area contributed by atoms with Crippen molar-refractivity contribution in [2.45, 2.75) is 92.5 Å². The minimum atomic E-state index is -0.438. The lowest BCUT2D eigenvalue weighted by Gasteiger charge is -2.49. The molecule has 0 bridgehead atoms. The van der Waals surface area contributed by atoms with Crippen molar-refractivity contribution in [3.05, 3.63) is 94.4 Å². The number of rotatable bonds is 10. The third-order valence-electron chi connectivity index (χ3n) is 8.81. The maximum atomic E-state index is 14.3. The molecule has 0 N–H and O–H groups in total. The number of ether oxygens (including phenoxy) is 2. The SMILES string of the molecule is C=CCc1cc(C2C3=C(CC(C)(C)CC3=O)N(Cc3ccccc3)C3=C2C(=O)CC(C)(C)C3)cc(OCC)c1OCCC. The molecule has 1 heterocycles. The second-order valence-electron chi connectivity index (χ2n) is 13.9. The van der Waals surface area contributed by atoms with Crippen LogP contribution in [0.1, 0.15) is 96.3 Å². The Morgan fingerprint density at radius 3 is 2.02 bits per heavy atom. The van der Waals surface area contributed by atoms with E-state index in [2.05, 4.69) is 76.4 Å². The number of hydrogen-bond acceptors (Lipinski definition) is 5. The van der Waals surface area contributed by atoms with Crippen LogP contribution >= 0.6 is 0 Å². The van der Waals surface area contributed by atoms with E-state index in [4.69, 9.17) is 9.47 Å². The average molecular weight is 582 g/mol. The van der Waals surface area contributed by atoms with Gasteiger partial charge in [0.1, 0.15) is 0 Å². The predicted octanol–water partition coefficient (Wildman–Crippen LogP) is 8.49. The number of Topliss-reactive ketones (excluding diaryl/α,β-unsaturated/α-hetero) is 2. The van der Waals surface area contributed by atoms with E-state index in [1.807, 2.05) is 25.1 Å². The van der Waals surface area contributed by atoms with Gasteiger partial charge in [-0.25, -0.2) is 0 Å². The fourth-order valence-corrected chi connectivity index (χ4v) is 7.13. The zero-order valence-corrected chi connectivity index (χ0v) is 26.8. The Labute approximate surface area is 257 Å². The second-order valence-corrected chi connectivity index (χ2v) is 13.9. The summed E-state index contributed by atoms with van der Waals surface area (Å²) in [6.45, 7) is 18.5. The van der Waals surface area contributed by atoms with E-state index in [1.54, 1.807) is 0 Å². The summed E-state index contributed by atoms with van der Waals surface area (Å²) in [5.74, 6) is 1.21. The molecule has 0 fully saturated rings. The minimum Gasteiger partial charge on any atom is -0.490 e. The van der Waals surface area contributed by atoms with E-state index in [-0.39, 0.29) is 22.4 Å². The van der Waals surface area contributed by atoms with Crippen LogP contribution in [0.2, 0.25) is 0 Å². The number of hydrogen-bond donors (Lipinski definition) is 0. The quantitative estimate of drug-likeness (QED) is 0.263. The van der Waals surface area contributed by atoms with Gasteiger partial charge < -0.3 is 14.4 Å². The van der Waals surface area contributed by atoms with Crippen LogP contribution in [0, 0.1) is 10.8 Å². The monoisotopic (exact) mass is 581 g/mol. The molecule has 2 aliphatic carbocycles. The van der Waals surface area contributed by atoms with Crippen LogP contribution < -0.4 is 9.47 Å². The zero-order valence-electron chi connectivity index (χ0n) is 26.8. The van der Waals surface area contributed by atoms with E-state index < -0.39 is 5.92 Å². The normalized spacial score (nSPS) is 19.7. The average Bonchev–Trinajstić information content (AvgIpc) is 2.93. The third kappa shape index (κ3) is 6.23. The molecule has 228 valence electrons. The van der Waals surface area contributed by atoms with Gasteiger partial charge in [-0.15, -0.1) is 6.58 Å². The molecule has 0 atom stereocenters. The molecule has 5 heteroatoms. The zero-order chi connectivity index (χ0) is 30.9. The van der Waals surface area contributed by atoms with Crippen LogP contribution in [0.5, 0.6) is 11.5 Å². The Balaban J connectivity index is 1.78. The lowest BCUT2D eigenvalue weighted by molar-refractivity contribution is -0.119. The molecular weight excluding hydrogens is 534 g/mol. The third-order valence-corrected chi connectivity index (χ3v) is 8.81. The molecule has 1 aliphatic heterocycles. The number of nitrogens with zero attached hydrogens (tertiary/aromatic N) is 1. The van der Waals surface area contributed by atoms with Crippen LogP contribution in [-0.2, 0) is 22.6 Å².